The number of anilines is 1. The van der Waals surface area contributed by atoms with Crippen LogP contribution in [0.5, 0.6) is 0 Å². The Morgan fingerprint density at radius 1 is 1.15 bits per heavy atom. The van der Waals surface area contributed by atoms with Crippen molar-refractivity contribution >= 4 is 60.1 Å². The molecule has 9 nitrogen and oxygen atoms in total. The van der Waals surface area contributed by atoms with E-state index in [9.17, 15) is 18.0 Å². The molecule has 0 aliphatic carbocycles. The molecule has 2 aromatic heterocycles. The van der Waals surface area contributed by atoms with Crippen molar-refractivity contribution < 1.29 is 18.0 Å². The summed E-state index contributed by atoms with van der Waals surface area (Å²) in [6, 6.07) is 10.2. The second-order valence-electron chi connectivity index (χ2n) is 7.01. The number of amides is 3. The van der Waals surface area contributed by atoms with Gasteiger partial charge in [0.15, 0.2) is 15.0 Å². The molecule has 170 valence electrons. The number of carbonyl (C=O) groups excluding carboxylic acids is 2. The maximum atomic E-state index is 12.7. The van der Waals surface area contributed by atoms with Crippen LogP contribution < -0.4 is 10.6 Å². The highest BCUT2D eigenvalue weighted by Gasteiger charge is 2.18. The van der Waals surface area contributed by atoms with Crippen LogP contribution in [0.2, 0.25) is 5.02 Å². The fraction of sp³-hybridized carbons (Fsp3) is 0.143. The number of carbonyl (C=O) groups is 2. The normalized spacial score (nSPS) is 11.4. The molecule has 0 radical (unpaired) electrons. The SMILES string of the molecule is O=C(NC(=O)c1ccccc1Cl)Nc1nc2ccc(S(=O)(=O)CCCn3ccnc3)cc2s1. The van der Waals surface area contributed by atoms with Crippen LogP contribution in [0.25, 0.3) is 10.2 Å². The van der Waals surface area contributed by atoms with Gasteiger partial charge in [-0.25, -0.2) is 23.2 Å². The average molecular weight is 504 g/mol. The van der Waals surface area contributed by atoms with E-state index < -0.39 is 21.8 Å². The van der Waals surface area contributed by atoms with Gasteiger partial charge in [0, 0.05) is 18.9 Å². The van der Waals surface area contributed by atoms with E-state index in [2.05, 4.69) is 20.6 Å². The number of aryl methyl sites for hydroxylation is 1. The van der Waals surface area contributed by atoms with E-state index in [0.717, 1.165) is 11.3 Å². The Balaban J connectivity index is 1.41. The summed E-state index contributed by atoms with van der Waals surface area (Å²) in [5.41, 5.74) is 0.701. The summed E-state index contributed by atoms with van der Waals surface area (Å²) in [5.74, 6) is -0.657. The number of hydrogen-bond acceptors (Lipinski definition) is 7. The maximum absolute atomic E-state index is 12.7. The highest BCUT2D eigenvalue weighted by molar-refractivity contribution is 7.91. The summed E-state index contributed by atoms with van der Waals surface area (Å²) in [7, 11) is -3.48. The van der Waals surface area contributed by atoms with E-state index in [0.29, 0.717) is 23.2 Å². The van der Waals surface area contributed by atoms with Gasteiger partial charge in [-0.3, -0.25) is 15.4 Å². The minimum absolute atomic E-state index is 0.00679. The van der Waals surface area contributed by atoms with Gasteiger partial charge in [0.1, 0.15) is 0 Å². The van der Waals surface area contributed by atoms with Crippen molar-refractivity contribution in [1.82, 2.24) is 19.9 Å². The van der Waals surface area contributed by atoms with Crippen molar-refractivity contribution in [2.75, 3.05) is 11.1 Å². The molecule has 33 heavy (non-hydrogen) atoms. The Morgan fingerprint density at radius 3 is 2.73 bits per heavy atom. The number of benzene rings is 2. The van der Waals surface area contributed by atoms with E-state index in [1.807, 2.05) is 4.57 Å². The van der Waals surface area contributed by atoms with Crippen LogP contribution in [0, 0.1) is 0 Å². The smallest absolute Gasteiger partial charge is 0.327 e. The van der Waals surface area contributed by atoms with Crippen LogP contribution in [0.3, 0.4) is 0 Å². The number of hydrogen-bond donors (Lipinski definition) is 2. The molecule has 4 rings (SSSR count). The van der Waals surface area contributed by atoms with Crippen LogP contribution in [0.1, 0.15) is 16.8 Å². The van der Waals surface area contributed by atoms with Crippen molar-refractivity contribution in [3.05, 3.63) is 71.8 Å². The lowest BCUT2D eigenvalue weighted by Crippen LogP contribution is -2.34. The minimum atomic E-state index is -3.48. The molecule has 12 heteroatoms. The van der Waals surface area contributed by atoms with Crippen LogP contribution >= 0.6 is 22.9 Å². The van der Waals surface area contributed by atoms with E-state index in [4.69, 9.17) is 11.6 Å². The first kappa shape index (κ1) is 22.9. The van der Waals surface area contributed by atoms with Crippen LogP contribution in [0.4, 0.5) is 9.93 Å². The molecule has 2 aromatic carbocycles. The number of rotatable bonds is 7. The maximum Gasteiger partial charge on any atom is 0.327 e. The number of nitrogens with zero attached hydrogens (tertiary/aromatic N) is 3. The molecule has 2 N–H and O–H groups in total. The van der Waals surface area contributed by atoms with Gasteiger partial charge < -0.3 is 4.57 Å². The van der Waals surface area contributed by atoms with Gasteiger partial charge in [-0.05, 0) is 36.8 Å². The van der Waals surface area contributed by atoms with Crippen LogP contribution in [-0.2, 0) is 16.4 Å². The number of sulfone groups is 1. The lowest BCUT2D eigenvalue weighted by molar-refractivity contribution is 0.0967. The van der Waals surface area contributed by atoms with Gasteiger partial charge in [0.2, 0.25) is 0 Å². The van der Waals surface area contributed by atoms with Gasteiger partial charge in [-0.2, -0.15) is 0 Å². The summed E-state index contributed by atoms with van der Waals surface area (Å²) in [4.78, 5) is 32.8. The minimum Gasteiger partial charge on any atom is -0.337 e. The standard InChI is InChI=1S/C21H18ClN5O4S2/c22-16-5-2-1-4-15(16)19(28)25-20(29)26-21-24-17-7-6-14(12-18(17)32-21)33(30,31)11-3-9-27-10-8-23-13-27/h1-2,4-8,10,12-13H,3,9,11H2,(H2,24,25,26,28,29). The number of nitrogens with one attached hydrogen (secondary N) is 2. The fourth-order valence-corrected chi connectivity index (χ4v) is 5.58. The summed E-state index contributed by atoms with van der Waals surface area (Å²) < 4.78 is 27.8. The first-order valence-electron chi connectivity index (χ1n) is 9.78. The third-order valence-corrected chi connectivity index (χ3v) is 7.74. The fourth-order valence-electron chi connectivity index (χ4n) is 3.07. The second kappa shape index (κ2) is 9.69. The quantitative estimate of drug-likeness (QED) is 0.393. The largest absolute Gasteiger partial charge is 0.337 e. The molecule has 3 amide bonds. The number of imide groups is 1. The molecule has 0 aliphatic rings. The zero-order valence-electron chi connectivity index (χ0n) is 17.1. The van der Waals surface area contributed by atoms with E-state index >= 15 is 0 Å². The van der Waals surface area contributed by atoms with Gasteiger partial charge in [-0.1, -0.05) is 35.1 Å². The first-order valence-corrected chi connectivity index (χ1v) is 12.6. The number of aromatic nitrogens is 3. The first-order chi connectivity index (χ1) is 15.8. The number of thiazole rings is 1. The third-order valence-electron chi connectivity index (χ3n) is 4.67. The molecule has 0 unspecified atom stereocenters. The third kappa shape index (κ3) is 5.56. The molecule has 0 aliphatic heterocycles. The Kier molecular flexibility index (Phi) is 6.72. The van der Waals surface area contributed by atoms with Crippen molar-refractivity contribution in [2.45, 2.75) is 17.9 Å². The van der Waals surface area contributed by atoms with Gasteiger partial charge in [-0.15, -0.1) is 0 Å². The van der Waals surface area contributed by atoms with Crippen molar-refractivity contribution in [3.8, 4) is 0 Å². The molecular weight excluding hydrogens is 486 g/mol. The Hall–Kier alpha value is -3.28. The molecule has 0 bridgehead atoms. The van der Waals surface area contributed by atoms with Gasteiger partial charge in [0.25, 0.3) is 5.91 Å². The molecule has 0 atom stereocenters. The predicted molar refractivity (Wildman–Crippen MR) is 126 cm³/mol. The Morgan fingerprint density at radius 2 is 1.97 bits per heavy atom. The van der Waals surface area contributed by atoms with Crippen molar-refractivity contribution in [3.63, 3.8) is 0 Å². The Labute approximate surface area is 198 Å². The van der Waals surface area contributed by atoms with E-state index in [1.165, 1.54) is 18.2 Å². The molecule has 2 heterocycles. The van der Waals surface area contributed by atoms with E-state index in [1.54, 1.807) is 43.0 Å². The predicted octanol–water partition coefficient (Wildman–Crippen LogP) is 3.97. The monoisotopic (exact) mass is 503 g/mol. The highest BCUT2D eigenvalue weighted by atomic mass is 35.5. The number of imidazole rings is 1. The van der Waals surface area contributed by atoms with Crippen LogP contribution in [0.15, 0.2) is 66.1 Å². The number of fused-ring (bicyclic) bond motifs is 1. The molecule has 4 aromatic rings. The van der Waals surface area contributed by atoms with Crippen molar-refractivity contribution in [2.24, 2.45) is 0 Å². The number of halogens is 1. The molecule has 0 fully saturated rings. The summed E-state index contributed by atoms with van der Waals surface area (Å²) >= 11 is 7.08. The topological polar surface area (TPSA) is 123 Å². The van der Waals surface area contributed by atoms with Crippen molar-refractivity contribution in [1.29, 1.82) is 0 Å². The zero-order valence-corrected chi connectivity index (χ0v) is 19.5. The van der Waals surface area contributed by atoms with Gasteiger partial charge >= 0.3 is 6.03 Å². The second-order valence-corrected chi connectivity index (χ2v) is 10.6. The summed E-state index contributed by atoms with van der Waals surface area (Å²) in [6.07, 6.45) is 5.52. The summed E-state index contributed by atoms with van der Waals surface area (Å²) in [6.45, 7) is 0.554. The summed E-state index contributed by atoms with van der Waals surface area (Å²) in [5, 5.41) is 5.14. The lowest BCUT2D eigenvalue weighted by Gasteiger charge is -2.05. The van der Waals surface area contributed by atoms with Gasteiger partial charge in [0.05, 0.1) is 37.8 Å². The lowest BCUT2D eigenvalue weighted by atomic mass is 10.2. The molecule has 0 spiro atoms. The average Bonchev–Trinajstić information content (AvgIpc) is 3.42. The van der Waals surface area contributed by atoms with Crippen LogP contribution in [-0.4, -0.2) is 40.6 Å². The number of urea groups is 1. The molecule has 0 saturated heterocycles. The highest BCUT2D eigenvalue weighted by Crippen LogP contribution is 2.28. The molecular formula is C21H18ClN5O4S2. The van der Waals surface area contributed by atoms with E-state index in [-0.39, 0.29) is 26.4 Å². The zero-order chi connectivity index (χ0) is 23.4. The Bertz CT molecular complexity index is 1420. The molecule has 0 saturated carbocycles.